The molecular weight excluding hydrogens is 429 g/mol. The second kappa shape index (κ2) is 10.8. The number of halogens is 2. The van der Waals surface area contributed by atoms with Gasteiger partial charge in [0.15, 0.2) is 5.13 Å². The Bertz CT molecular complexity index is 927. The van der Waals surface area contributed by atoms with Gasteiger partial charge in [-0.25, -0.2) is 4.98 Å². The third-order valence-electron chi connectivity index (χ3n) is 4.68. The highest BCUT2D eigenvalue weighted by molar-refractivity contribution is 7.22. The first-order valence-corrected chi connectivity index (χ1v) is 10.5. The zero-order valence-electron chi connectivity index (χ0n) is 16.7. The SMILES string of the molecule is CCN(CC)CCN(C(=O)c1cc(Cl)ccc1OC)c1nc2ccccc2s1.Cl. The monoisotopic (exact) mass is 453 g/mol. The number of carbonyl (C=O) groups excluding carboxylic acids is 1. The van der Waals surface area contributed by atoms with E-state index in [4.69, 9.17) is 21.3 Å². The van der Waals surface area contributed by atoms with E-state index in [1.54, 1.807) is 30.2 Å². The van der Waals surface area contributed by atoms with Crippen molar-refractivity contribution in [2.75, 3.05) is 38.2 Å². The minimum absolute atomic E-state index is 0. The summed E-state index contributed by atoms with van der Waals surface area (Å²) in [5.41, 5.74) is 1.33. The van der Waals surface area contributed by atoms with Gasteiger partial charge in [-0.15, -0.1) is 12.4 Å². The molecule has 1 aromatic heterocycles. The van der Waals surface area contributed by atoms with Crippen molar-refractivity contribution >= 4 is 56.6 Å². The third kappa shape index (κ3) is 5.39. The van der Waals surface area contributed by atoms with Gasteiger partial charge in [0.25, 0.3) is 5.91 Å². The van der Waals surface area contributed by atoms with Crippen LogP contribution in [0.5, 0.6) is 5.75 Å². The van der Waals surface area contributed by atoms with Crippen LogP contribution in [0.1, 0.15) is 24.2 Å². The molecule has 0 bridgehead atoms. The molecule has 3 aromatic rings. The Labute approximate surface area is 186 Å². The van der Waals surface area contributed by atoms with Crippen molar-refractivity contribution in [2.24, 2.45) is 0 Å². The molecule has 3 rings (SSSR count). The molecule has 0 atom stereocenters. The number of amides is 1. The molecule has 2 aromatic carbocycles. The van der Waals surface area contributed by atoms with Gasteiger partial charge in [0.1, 0.15) is 5.75 Å². The van der Waals surface area contributed by atoms with E-state index in [9.17, 15) is 4.79 Å². The van der Waals surface area contributed by atoms with Crippen molar-refractivity contribution in [1.82, 2.24) is 9.88 Å². The fraction of sp³-hybridized carbons (Fsp3) is 0.333. The number of hydrogen-bond donors (Lipinski definition) is 0. The molecule has 8 heteroatoms. The van der Waals surface area contributed by atoms with Crippen LogP contribution in [-0.2, 0) is 0 Å². The Hall–Kier alpha value is -1.86. The maximum atomic E-state index is 13.5. The van der Waals surface area contributed by atoms with Crippen molar-refractivity contribution in [3.05, 3.63) is 53.1 Å². The van der Waals surface area contributed by atoms with Gasteiger partial charge < -0.3 is 9.64 Å². The van der Waals surface area contributed by atoms with Crippen LogP contribution in [0.4, 0.5) is 5.13 Å². The molecule has 1 amide bonds. The highest BCUT2D eigenvalue weighted by Gasteiger charge is 2.24. The number of hydrogen-bond acceptors (Lipinski definition) is 5. The van der Waals surface area contributed by atoms with Gasteiger partial charge in [-0.05, 0) is 43.4 Å². The number of carbonyl (C=O) groups is 1. The fourth-order valence-corrected chi connectivity index (χ4v) is 4.20. The lowest BCUT2D eigenvalue weighted by Crippen LogP contribution is -2.39. The number of nitrogens with zero attached hydrogens (tertiary/aromatic N) is 3. The Balaban J connectivity index is 0.00000300. The number of aromatic nitrogens is 1. The van der Waals surface area contributed by atoms with Crippen LogP contribution in [-0.4, -0.2) is 49.1 Å². The normalized spacial score (nSPS) is 10.8. The molecule has 0 unspecified atom stereocenters. The number of thiazole rings is 1. The molecule has 29 heavy (non-hydrogen) atoms. The van der Waals surface area contributed by atoms with E-state index < -0.39 is 0 Å². The molecule has 0 N–H and O–H groups in total. The molecule has 5 nitrogen and oxygen atoms in total. The van der Waals surface area contributed by atoms with E-state index in [0.29, 0.717) is 28.0 Å². The summed E-state index contributed by atoms with van der Waals surface area (Å²) in [6.45, 7) is 7.39. The molecule has 0 aliphatic carbocycles. The Kier molecular flexibility index (Phi) is 8.71. The summed E-state index contributed by atoms with van der Waals surface area (Å²) < 4.78 is 6.45. The van der Waals surface area contributed by atoms with Crippen molar-refractivity contribution in [2.45, 2.75) is 13.8 Å². The third-order valence-corrected chi connectivity index (χ3v) is 5.98. The number of methoxy groups -OCH3 is 1. The van der Waals surface area contributed by atoms with Gasteiger partial charge >= 0.3 is 0 Å². The number of fused-ring (bicyclic) bond motifs is 1. The molecule has 1 heterocycles. The second-order valence-electron chi connectivity index (χ2n) is 6.29. The average Bonchev–Trinajstić information content (AvgIpc) is 3.14. The number of rotatable bonds is 8. The van der Waals surface area contributed by atoms with Crippen molar-refractivity contribution in [1.29, 1.82) is 0 Å². The fourth-order valence-electron chi connectivity index (χ4n) is 3.03. The second-order valence-corrected chi connectivity index (χ2v) is 7.74. The number of benzene rings is 2. The zero-order valence-corrected chi connectivity index (χ0v) is 19.1. The molecule has 0 fully saturated rings. The summed E-state index contributed by atoms with van der Waals surface area (Å²) in [6, 6.07) is 13.0. The van der Waals surface area contributed by atoms with Crippen LogP contribution in [0.15, 0.2) is 42.5 Å². The molecule has 0 aliphatic rings. The van der Waals surface area contributed by atoms with E-state index in [0.717, 1.165) is 29.9 Å². The number of para-hydroxylation sites is 1. The van der Waals surface area contributed by atoms with E-state index in [1.165, 1.54) is 11.3 Å². The van der Waals surface area contributed by atoms with Gasteiger partial charge in [0.2, 0.25) is 0 Å². The maximum absolute atomic E-state index is 13.5. The number of ether oxygens (including phenoxy) is 1. The minimum Gasteiger partial charge on any atom is -0.496 e. The van der Waals surface area contributed by atoms with E-state index in [-0.39, 0.29) is 18.3 Å². The Morgan fingerprint density at radius 3 is 2.52 bits per heavy atom. The lowest BCUT2D eigenvalue weighted by Gasteiger charge is -2.25. The number of likely N-dealkylation sites (N-methyl/N-ethyl adjacent to an activating group) is 1. The highest BCUT2D eigenvalue weighted by atomic mass is 35.5. The van der Waals surface area contributed by atoms with E-state index in [1.807, 2.05) is 24.3 Å². The number of anilines is 1. The predicted octanol–water partition coefficient (Wildman–Crippen LogP) is 5.37. The molecular formula is C21H25Cl2N3O2S. The van der Waals surface area contributed by atoms with Crippen LogP contribution < -0.4 is 9.64 Å². The molecule has 0 aliphatic heterocycles. The van der Waals surface area contributed by atoms with Gasteiger partial charge in [-0.3, -0.25) is 9.69 Å². The van der Waals surface area contributed by atoms with Crippen LogP contribution in [0.3, 0.4) is 0 Å². The van der Waals surface area contributed by atoms with Crippen molar-refractivity contribution in [3.63, 3.8) is 0 Å². The Morgan fingerprint density at radius 1 is 1.14 bits per heavy atom. The smallest absolute Gasteiger partial charge is 0.263 e. The molecule has 0 spiro atoms. The van der Waals surface area contributed by atoms with Crippen molar-refractivity contribution < 1.29 is 9.53 Å². The van der Waals surface area contributed by atoms with E-state index in [2.05, 4.69) is 18.7 Å². The summed E-state index contributed by atoms with van der Waals surface area (Å²) in [7, 11) is 1.55. The zero-order chi connectivity index (χ0) is 20.1. The van der Waals surface area contributed by atoms with Gasteiger partial charge in [-0.1, -0.05) is 48.9 Å². The predicted molar refractivity (Wildman–Crippen MR) is 124 cm³/mol. The van der Waals surface area contributed by atoms with Crippen LogP contribution in [0, 0.1) is 0 Å². The summed E-state index contributed by atoms with van der Waals surface area (Å²) in [5, 5.41) is 1.18. The summed E-state index contributed by atoms with van der Waals surface area (Å²) in [6.07, 6.45) is 0. The summed E-state index contributed by atoms with van der Waals surface area (Å²) >= 11 is 7.67. The minimum atomic E-state index is -0.162. The first kappa shape index (κ1) is 23.4. The van der Waals surface area contributed by atoms with Gasteiger partial charge in [0, 0.05) is 18.1 Å². The summed E-state index contributed by atoms with van der Waals surface area (Å²) in [4.78, 5) is 22.2. The standard InChI is InChI=1S/C21H24ClN3O2S.ClH/c1-4-24(5-2)12-13-25(21-23-17-8-6-7-9-19(17)28-21)20(26)16-14-15(22)10-11-18(16)27-3;/h6-11,14H,4-5,12-13H2,1-3H3;1H. The maximum Gasteiger partial charge on any atom is 0.263 e. The Morgan fingerprint density at radius 2 is 1.86 bits per heavy atom. The topological polar surface area (TPSA) is 45.7 Å². The summed E-state index contributed by atoms with van der Waals surface area (Å²) in [5.74, 6) is 0.342. The van der Waals surface area contributed by atoms with E-state index >= 15 is 0 Å². The van der Waals surface area contributed by atoms with Gasteiger partial charge in [-0.2, -0.15) is 0 Å². The average molecular weight is 454 g/mol. The molecule has 156 valence electrons. The molecule has 0 saturated heterocycles. The lowest BCUT2D eigenvalue weighted by molar-refractivity contribution is 0.0981. The molecule has 0 radical (unpaired) electrons. The van der Waals surface area contributed by atoms with Crippen molar-refractivity contribution in [3.8, 4) is 5.75 Å². The largest absolute Gasteiger partial charge is 0.496 e. The quantitative estimate of drug-likeness (QED) is 0.459. The first-order valence-electron chi connectivity index (χ1n) is 9.30. The lowest BCUT2D eigenvalue weighted by atomic mass is 10.1. The molecule has 0 saturated carbocycles. The first-order chi connectivity index (χ1) is 13.6. The van der Waals surface area contributed by atoms with Gasteiger partial charge in [0.05, 0.1) is 22.9 Å². The highest BCUT2D eigenvalue weighted by Crippen LogP contribution is 2.31. The van der Waals surface area contributed by atoms with Crippen LogP contribution in [0.25, 0.3) is 10.2 Å². The van der Waals surface area contributed by atoms with Crippen LogP contribution >= 0.6 is 35.3 Å². The van der Waals surface area contributed by atoms with Crippen LogP contribution in [0.2, 0.25) is 5.02 Å².